The van der Waals surface area contributed by atoms with E-state index in [1.54, 1.807) is 0 Å². The highest BCUT2D eigenvalue weighted by atomic mass is 35.5. The Morgan fingerprint density at radius 2 is 2.17 bits per heavy atom. The Kier molecular flexibility index (Phi) is 6.89. The van der Waals surface area contributed by atoms with Gasteiger partial charge in [-0.1, -0.05) is 29.8 Å². The minimum absolute atomic E-state index is 0.253. The van der Waals surface area contributed by atoms with Crippen LogP contribution in [0.3, 0.4) is 0 Å². The van der Waals surface area contributed by atoms with Crippen molar-refractivity contribution in [3.63, 3.8) is 0 Å². The monoisotopic (exact) mass is 372 g/mol. The molecule has 24 heavy (non-hydrogen) atoms. The summed E-state index contributed by atoms with van der Waals surface area (Å²) in [7, 11) is -1.12. The molecule has 0 aromatic heterocycles. The van der Waals surface area contributed by atoms with Crippen molar-refractivity contribution < 1.29 is 8.42 Å². The van der Waals surface area contributed by atoms with E-state index in [0.717, 1.165) is 23.1 Å². The molecule has 0 radical (unpaired) electrons. The van der Waals surface area contributed by atoms with Crippen LogP contribution in [0.5, 0.6) is 0 Å². The number of nitrogens with zero attached hydrogens (tertiary/aromatic N) is 3. The number of hydrogen-bond acceptors (Lipinski definition) is 3. The van der Waals surface area contributed by atoms with Crippen LogP contribution in [0.2, 0.25) is 5.02 Å². The van der Waals surface area contributed by atoms with Crippen molar-refractivity contribution >= 4 is 27.6 Å². The third-order valence-electron chi connectivity index (χ3n) is 3.88. The fourth-order valence-electron chi connectivity index (χ4n) is 2.64. The lowest BCUT2D eigenvalue weighted by molar-refractivity contribution is 0.445. The first kappa shape index (κ1) is 19.0. The number of aliphatic imine (C=N–C) groups is 1. The van der Waals surface area contributed by atoms with Gasteiger partial charge in [-0.2, -0.15) is 0 Å². The molecule has 0 saturated carbocycles. The third kappa shape index (κ3) is 5.09. The normalized spacial score (nSPS) is 17.9. The highest BCUT2D eigenvalue weighted by molar-refractivity contribution is 7.89. The summed E-state index contributed by atoms with van der Waals surface area (Å²) >= 11 is 6.21. The number of halogens is 1. The topological polar surface area (TPSA) is 65.0 Å². The lowest BCUT2D eigenvalue weighted by atomic mass is 10.2. The summed E-state index contributed by atoms with van der Waals surface area (Å²) in [5.41, 5.74) is 1.02. The van der Waals surface area contributed by atoms with E-state index in [2.05, 4.69) is 10.3 Å². The SMILES string of the molecule is CCNC(=NCCN1CCCS1(=O)=O)N(C)Cc1ccccc1Cl. The second-order valence-corrected chi connectivity index (χ2v) is 8.25. The summed E-state index contributed by atoms with van der Waals surface area (Å²) in [6, 6.07) is 7.71. The van der Waals surface area contributed by atoms with Crippen LogP contribution in [-0.4, -0.2) is 62.6 Å². The average molecular weight is 373 g/mol. The molecule has 1 heterocycles. The van der Waals surface area contributed by atoms with Crippen LogP contribution < -0.4 is 5.32 Å². The van der Waals surface area contributed by atoms with Gasteiger partial charge in [0.1, 0.15) is 0 Å². The van der Waals surface area contributed by atoms with Crippen LogP contribution in [0.15, 0.2) is 29.3 Å². The van der Waals surface area contributed by atoms with Crippen molar-refractivity contribution in [2.24, 2.45) is 4.99 Å². The molecule has 1 aliphatic heterocycles. The molecule has 1 saturated heterocycles. The molecular weight excluding hydrogens is 348 g/mol. The first-order valence-electron chi connectivity index (χ1n) is 8.14. The van der Waals surface area contributed by atoms with Crippen molar-refractivity contribution in [1.82, 2.24) is 14.5 Å². The first-order valence-corrected chi connectivity index (χ1v) is 10.1. The lowest BCUT2D eigenvalue weighted by Gasteiger charge is -2.23. The van der Waals surface area contributed by atoms with Crippen molar-refractivity contribution in [3.8, 4) is 0 Å². The van der Waals surface area contributed by atoms with Crippen LogP contribution in [0.1, 0.15) is 18.9 Å². The molecule has 2 rings (SSSR count). The van der Waals surface area contributed by atoms with Gasteiger partial charge in [-0.15, -0.1) is 0 Å². The van der Waals surface area contributed by atoms with Gasteiger partial charge in [0.2, 0.25) is 10.0 Å². The zero-order valence-corrected chi connectivity index (χ0v) is 15.8. The minimum Gasteiger partial charge on any atom is -0.357 e. The number of sulfonamides is 1. The minimum atomic E-state index is -3.06. The summed E-state index contributed by atoms with van der Waals surface area (Å²) in [6.07, 6.45) is 0.707. The molecule has 1 N–H and O–H groups in total. The van der Waals surface area contributed by atoms with Gasteiger partial charge in [0.25, 0.3) is 0 Å². The smallest absolute Gasteiger partial charge is 0.214 e. The van der Waals surface area contributed by atoms with E-state index in [0.29, 0.717) is 32.6 Å². The number of hydrogen-bond donors (Lipinski definition) is 1. The fraction of sp³-hybridized carbons (Fsp3) is 0.562. The summed E-state index contributed by atoms with van der Waals surface area (Å²) in [5.74, 6) is 0.998. The van der Waals surface area contributed by atoms with E-state index in [1.807, 2.05) is 43.1 Å². The van der Waals surface area contributed by atoms with Crippen LogP contribution >= 0.6 is 11.6 Å². The highest BCUT2D eigenvalue weighted by Gasteiger charge is 2.27. The Hall–Kier alpha value is -1.31. The maximum atomic E-state index is 11.8. The number of benzene rings is 1. The van der Waals surface area contributed by atoms with E-state index in [1.165, 1.54) is 4.31 Å². The van der Waals surface area contributed by atoms with Crippen LogP contribution in [0.25, 0.3) is 0 Å². The second-order valence-electron chi connectivity index (χ2n) is 5.75. The highest BCUT2D eigenvalue weighted by Crippen LogP contribution is 2.16. The van der Waals surface area contributed by atoms with Crippen LogP contribution in [0.4, 0.5) is 0 Å². The Balaban J connectivity index is 1.98. The van der Waals surface area contributed by atoms with Crippen molar-refractivity contribution in [3.05, 3.63) is 34.9 Å². The maximum Gasteiger partial charge on any atom is 0.214 e. The van der Waals surface area contributed by atoms with Crippen LogP contribution in [0, 0.1) is 0 Å². The summed E-state index contributed by atoms with van der Waals surface area (Å²) in [4.78, 5) is 6.54. The number of rotatable bonds is 6. The molecular formula is C16H25ClN4O2S. The quantitative estimate of drug-likeness (QED) is 0.610. The van der Waals surface area contributed by atoms with E-state index >= 15 is 0 Å². The molecule has 0 aliphatic carbocycles. The molecule has 0 atom stereocenters. The number of nitrogens with one attached hydrogen (secondary N) is 1. The van der Waals surface area contributed by atoms with Gasteiger partial charge < -0.3 is 10.2 Å². The van der Waals surface area contributed by atoms with Gasteiger partial charge in [0.05, 0.1) is 12.3 Å². The standard InChI is InChI=1S/C16H25ClN4O2S/c1-3-18-16(19-9-11-21-10-6-12-24(21,22)23)20(2)13-14-7-4-5-8-15(14)17/h4-5,7-8H,3,6,9-13H2,1-2H3,(H,18,19). The third-order valence-corrected chi connectivity index (χ3v) is 6.20. The Morgan fingerprint density at radius 3 is 2.79 bits per heavy atom. The summed E-state index contributed by atoms with van der Waals surface area (Å²) in [5, 5.41) is 3.96. The first-order chi connectivity index (χ1) is 11.4. The fourth-order valence-corrected chi connectivity index (χ4v) is 4.35. The van der Waals surface area contributed by atoms with E-state index in [9.17, 15) is 8.42 Å². The molecule has 0 amide bonds. The number of guanidine groups is 1. The molecule has 0 unspecified atom stereocenters. The van der Waals surface area contributed by atoms with Gasteiger partial charge in [-0.3, -0.25) is 4.99 Å². The van der Waals surface area contributed by atoms with E-state index in [4.69, 9.17) is 11.6 Å². The second kappa shape index (κ2) is 8.69. The molecule has 8 heteroatoms. The van der Waals surface area contributed by atoms with Crippen molar-refractivity contribution in [1.29, 1.82) is 0 Å². The van der Waals surface area contributed by atoms with Gasteiger partial charge in [0.15, 0.2) is 5.96 Å². The predicted octanol–water partition coefficient (Wildman–Crippen LogP) is 1.77. The Morgan fingerprint density at radius 1 is 1.42 bits per heavy atom. The molecule has 6 nitrogen and oxygen atoms in total. The van der Waals surface area contributed by atoms with Crippen LogP contribution in [-0.2, 0) is 16.6 Å². The predicted molar refractivity (Wildman–Crippen MR) is 98.9 cm³/mol. The molecule has 134 valence electrons. The van der Waals surface area contributed by atoms with Gasteiger partial charge >= 0.3 is 0 Å². The van der Waals surface area contributed by atoms with Gasteiger partial charge in [-0.25, -0.2) is 12.7 Å². The van der Waals surface area contributed by atoms with Gasteiger partial charge in [0, 0.05) is 38.2 Å². The molecule has 1 aromatic carbocycles. The molecule has 1 aliphatic rings. The molecule has 1 aromatic rings. The van der Waals surface area contributed by atoms with Crippen molar-refractivity contribution in [2.45, 2.75) is 19.9 Å². The molecule has 0 spiro atoms. The maximum absolute atomic E-state index is 11.8. The molecule has 1 fully saturated rings. The van der Waals surface area contributed by atoms with E-state index in [-0.39, 0.29) is 5.75 Å². The Labute approximate surface area is 149 Å². The summed E-state index contributed by atoms with van der Waals surface area (Å²) in [6.45, 7) is 4.85. The zero-order chi connectivity index (χ0) is 17.6. The lowest BCUT2D eigenvalue weighted by Crippen LogP contribution is -2.39. The largest absolute Gasteiger partial charge is 0.357 e. The van der Waals surface area contributed by atoms with E-state index < -0.39 is 10.0 Å². The van der Waals surface area contributed by atoms with Crippen molar-refractivity contribution in [2.75, 3.05) is 39.0 Å². The zero-order valence-electron chi connectivity index (χ0n) is 14.2. The summed E-state index contributed by atoms with van der Waals surface area (Å²) < 4.78 is 25.1. The molecule has 0 bridgehead atoms. The Bertz CT molecular complexity index is 678. The van der Waals surface area contributed by atoms with Gasteiger partial charge in [-0.05, 0) is 25.0 Å². The average Bonchev–Trinajstić information content (AvgIpc) is 2.87.